The zero-order valence-electron chi connectivity index (χ0n) is 18.9. The maximum absolute atomic E-state index is 12.0. The monoisotopic (exact) mass is 447 g/mol. The minimum atomic E-state index is -0.438. The Hall–Kier alpha value is -4.00. The molecule has 0 atom stereocenters. The number of anilines is 1. The maximum atomic E-state index is 12.0. The Kier molecular flexibility index (Phi) is 9.15. The molecule has 172 valence electrons. The van der Waals surface area contributed by atoms with Crippen LogP contribution in [0.15, 0.2) is 77.9 Å². The van der Waals surface area contributed by atoms with Crippen LogP contribution in [-0.4, -0.2) is 32.6 Å². The summed E-state index contributed by atoms with van der Waals surface area (Å²) in [5, 5.41) is 6.72. The molecule has 0 fully saturated rings. The van der Waals surface area contributed by atoms with E-state index in [1.807, 2.05) is 48.5 Å². The smallest absolute Gasteiger partial charge is 0.339 e. The van der Waals surface area contributed by atoms with Gasteiger partial charge in [0.05, 0.1) is 26.5 Å². The highest BCUT2D eigenvalue weighted by Gasteiger charge is 2.09. The molecule has 0 bridgehead atoms. The van der Waals surface area contributed by atoms with Crippen molar-refractivity contribution in [2.24, 2.45) is 5.10 Å². The molecule has 0 spiro atoms. The van der Waals surface area contributed by atoms with E-state index in [0.29, 0.717) is 42.4 Å². The molecule has 0 saturated carbocycles. The number of nitrogens with one attached hydrogen (secondary N) is 2. The SMILES string of the molecule is CCc1ccc(OCCCOc2c(/C=N\NC(=O)Nc3ccccc3)cccc2OC)cc1. The summed E-state index contributed by atoms with van der Waals surface area (Å²) in [4.78, 5) is 12.0. The average Bonchev–Trinajstić information content (AvgIpc) is 2.85. The molecule has 7 nitrogen and oxygen atoms in total. The molecule has 0 heterocycles. The Morgan fingerprint density at radius 3 is 2.42 bits per heavy atom. The normalized spacial score (nSPS) is 10.6. The maximum Gasteiger partial charge on any atom is 0.339 e. The summed E-state index contributed by atoms with van der Waals surface area (Å²) in [5.74, 6) is 1.99. The number of hydrogen-bond donors (Lipinski definition) is 2. The number of para-hydroxylation sites is 2. The van der Waals surface area contributed by atoms with Gasteiger partial charge in [-0.05, 0) is 48.4 Å². The molecule has 0 radical (unpaired) electrons. The van der Waals surface area contributed by atoms with E-state index in [9.17, 15) is 4.79 Å². The van der Waals surface area contributed by atoms with E-state index in [0.717, 1.165) is 12.2 Å². The molecule has 0 aliphatic rings. The predicted octanol–water partition coefficient (Wildman–Crippen LogP) is 5.26. The number of carbonyl (C=O) groups is 1. The predicted molar refractivity (Wildman–Crippen MR) is 131 cm³/mol. The fourth-order valence-electron chi connectivity index (χ4n) is 3.04. The third-order valence-electron chi connectivity index (χ3n) is 4.77. The lowest BCUT2D eigenvalue weighted by Gasteiger charge is -2.13. The van der Waals surface area contributed by atoms with Crippen LogP contribution in [0.25, 0.3) is 0 Å². The van der Waals surface area contributed by atoms with Crippen molar-refractivity contribution in [3.63, 3.8) is 0 Å². The van der Waals surface area contributed by atoms with Crippen molar-refractivity contribution >= 4 is 17.9 Å². The minimum Gasteiger partial charge on any atom is -0.493 e. The third-order valence-corrected chi connectivity index (χ3v) is 4.77. The molecule has 3 rings (SSSR count). The Bertz CT molecular complexity index is 1040. The van der Waals surface area contributed by atoms with E-state index in [4.69, 9.17) is 14.2 Å². The second-order valence-electron chi connectivity index (χ2n) is 7.12. The van der Waals surface area contributed by atoms with Gasteiger partial charge in [-0.3, -0.25) is 0 Å². The molecular weight excluding hydrogens is 418 g/mol. The van der Waals surface area contributed by atoms with Crippen LogP contribution >= 0.6 is 0 Å². The summed E-state index contributed by atoms with van der Waals surface area (Å²) in [7, 11) is 1.58. The number of benzene rings is 3. The van der Waals surface area contributed by atoms with Gasteiger partial charge < -0.3 is 19.5 Å². The number of rotatable bonds is 11. The topological polar surface area (TPSA) is 81.2 Å². The second kappa shape index (κ2) is 12.8. The van der Waals surface area contributed by atoms with Crippen molar-refractivity contribution in [1.82, 2.24) is 5.43 Å². The zero-order valence-corrected chi connectivity index (χ0v) is 18.9. The summed E-state index contributed by atoms with van der Waals surface area (Å²) in [5.41, 5.74) is 5.10. The van der Waals surface area contributed by atoms with Gasteiger partial charge in [-0.1, -0.05) is 43.3 Å². The van der Waals surface area contributed by atoms with E-state index in [2.05, 4.69) is 34.9 Å². The highest BCUT2D eigenvalue weighted by molar-refractivity contribution is 5.91. The van der Waals surface area contributed by atoms with Crippen molar-refractivity contribution in [3.05, 3.63) is 83.9 Å². The van der Waals surface area contributed by atoms with Crippen LogP contribution in [-0.2, 0) is 6.42 Å². The van der Waals surface area contributed by atoms with E-state index in [1.54, 1.807) is 19.2 Å². The van der Waals surface area contributed by atoms with Crippen molar-refractivity contribution in [2.45, 2.75) is 19.8 Å². The van der Waals surface area contributed by atoms with Crippen molar-refractivity contribution in [1.29, 1.82) is 0 Å². The van der Waals surface area contributed by atoms with Crippen molar-refractivity contribution < 1.29 is 19.0 Å². The van der Waals surface area contributed by atoms with Crippen LogP contribution in [0, 0.1) is 0 Å². The van der Waals surface area contributed by atoms with E-state index >= 15 is 0 Å². The van der Waals surface area contributed by atoms with Gasteiger partial charge in [0.25, 0.3) is 0 Å². The first-order valence-corrected chi connectivity index (χ1v) is 10.9. The number of urea groups is 1. The van der Waals surface area contributed by atoms with Gasteiger partial charge in [-0.2, -0.15) is 5.10 Å². The summed E-state index contributed by atoms with van der Waals surface area (Å²) in [6, 6.07) is 22.3. The van der Waals surface area contributed by atoms with Gasteiger partial charge in [0.1, 0.15) is 5.75 Å². The first-order valence-electron chi connectivity index (χ1n) is 10.9. The minimum absolute atomic E-state index is 0.438. The van der Waals surface area contributed by atoms with Gasteiger partial charge in [0.15, 0.2) is 11.5 Å². The highest BCUT2D eigenvalue weighted by Crippen LogP contribution is 2.30. The summed E-state index contributed by atoms with van der Waals surface area (Å²) >= 11 is 0. The fourth-order valence-corrected chi connectivity index (χ4v) is 3.04. The summed E-state index contributed by atoms with van der Waals surface area (Å²) in [6.45, 7) is 3.10. The number of hydrogen-bond acceptors (Lipinski definition) is 5. The van der Waals surface area contributed by atoms with Crippen LogP contribution in [0.3, 0.4) is 0 Å². The molecule has 0 saturated heterocycles. The standard InChI is InChI=1S/C26H29N3O4/c1-3-20-13-15-23(16-14-20)32-17-8-18-33-25-21(9-7-12-24(25)31-2)19-27-29-26(30)28-22-10-5-4-6-11-22/h4-7,9-16,19H,3,8,17-18H2,1-2H3,(H2,28,29,30)/b27-19-. The van der Waals surface area contributed by atoms with Crippen LogP contribution in [0.2, 0.25) is 0 Å². The number of nitrogens with zero attached hydrogens (tertiary/aromatic N) is 1. The highest BCUT2D eigenvalue weighted by atomic mass is 16.5. The average molecular weight is 448 g/mol. The number of carbonyl (C=O) groups excluding carboxylic acids is 1. The number of ether oxygens (including phenoxy) is 3. The van der Waals surface area contributed by atoms with Crippen LogP contribution in [0.4, 0.5) is 10.5 Å². The lowest BCUT2D eigenvalue weighted by Crippen LogP contribution is -2.24. The molecule has 0 unspecified atom stereocenters. The lowest BCUT2D eigenvalue weighted by molar-refractivity contribution is 0.240. The Labute approximate surface area is 194 Å². The molecular formula is C26H29N3O4. The first kappa shape index (κ1) is 23.7. The third kappa shape index (κ3) is 7.57. The van der Waals surface area contributed by atoms with Crippen LogP contribution in [0.1, 0.15) is 24.5 Å². The Balaban J connectivity index is 1.51. The van der Waals surface area contributed by atoms with Crippen molar-refractivity contribution in [3.8, 4) is 17.2 Å². The second-order valence-corrected chi connectivity index (χ2v) is 7.12. The molecule has 3 aromatic rings. The van der Waals surface area contributed by atoms with Crippen molar-refractivity contribution in [2.75, 3.05) is 25.6 Å². The molecule has 2 amide bonds. The molecule has 0 aliphatic carbocycles. The van der Waals surface area contributed by atoms with Gasteiger partial charge >= 0.3 is 6.03 Å². The zero-order chi connectivity index (χ0) is 23.3. The number of amides is 2. The Morgan fingerprint density at radius 1 is 0.939 bits per heavy atom. The number of methoxy groups -OCH3 is 1. The van der Waals surface area contributed by atoms with Crippen LogP contribution < -0.4 is 25.0 Å². The molecule has 0 aliphatic heterocycles. The van der Waals surface area contributed by atoms with Gasteiger partial charge in [0.2, 0.25) is 0 Å². The molecule has 2 N–H and O–H groups in total. The summed E-state index contributed by atoms with van der Waals surface area (Å²) < 4.78 is 17.2. The van der Waals surface area contributed by atoms with E-state index in [1.165, 1.54) is 11.8 Å². The van der Waals surface area contributed by atoms with Gasteiger partial charge in [0, 0.05) is 17.7 Å². The van der Waals surface area contributed by atoms with Crippen LogP contribution in [0.5, 0.6) is 17.2 Å². The molecule has 0 aromatic heterocycles. The largest absolute Gasteiger partial charge is 0.493 e. The van der Waals surface area contributed by atoms with E-state index < -0.39 is 6.03 Å². The number of hydrazone groups is 1. The molecule has 7 heteroatoms. The fraction of sp³-hybridized carbons (Fsp3) is 0.231. The quantitative estimate of drug-likeness (QED) is 0.239. The van der Waals surface area contributed by atoms with E-state index in [-0.39, 0.29) is 0 Å². The Morgan fingerprint density at radius 2 is 1.70 bits per heavy atom. The van der Waals surface area contributed by atoms with Gasteiger partial charge in [-0.25, -0.2) is 10.2 Å². The molecule has 33 heavy (non-hydrogen) atoms. The summed E-state index contributed by atoms with van der Waals surface area (Å²) in [6.07, 6.45) is 3.22. The molecule has 3 aromatic carbocycles. The number of aryl methyl sites for hydroxylation is 1. The van der Waals surface area contributed by atoms with Gasteiger partial charge in [-0.15, -0.1) is 0 Å². The first-order chi connectivity index (χ1) is 16.2. The lowest BCUT2D eigenvalue weighted by atomic mass is 10.2.